The summed E-state index contributed by atoms with van der Waals surface area (Å²) >= 11 is 5.88. The molecule has 3 rings (SSSR count). The Balaban J connectivity index is 2.22. The van der Waals surface area contributed by atoms with E-state index >= 15 is 0 Å². The van der Waals surface area contributed by atoms with Crippen molar-refractivity contribution < 1.29 is 0 Å². The molecule has 1 aromatic carbocycles. The quantitative estimate of drug-likeness (QED) is 0.660. The third-order valence-corrected chi connectivity index (χ3v) is 2.43. The van der Waals surface area contributed by atoms with Crippen molar-refractivity contribution in [3.63, 3.8) is 0 Å². The van der Waals surface area contributed by atoms with E-state index in [1.165, 1.54) is 0 Å². The summed E-state index contributed by atoms with van der Waals surface area (Å²) < 4.78 is 0. The number of nitrogens with one attached hydrogen (secondary N) is 2. The largest absolute Gasteiger partial charge is 0.337 e. The number of hydrogen-bond donors (Lipinski definition) is 2. The summed E-state index contributed by atoms with van der Waals surface area (Å²) in [5, 5.41) is 7.42. The standard InChI is InChI=1S/C10H7ClN4/c11-6-1-2-7-9(5-6)14-10(13-7)8-3-4-12-15-8/h1-5H,(H,12,15)(H,13,14). The van der Waals surface area contributed by atoms with Gasteiger partial charge in [-0.05, 0) is 24.3 Å². The second kappa shape index (κ2) is 3.10. The summed E-state index contributed by atoms with van der Waals surface area (Å²) in [4.78, 5) is 7.58. The van der Waals surface area contributed by atoms with Crippen LogP contribution in [0.2, 0.25) is 5.02 Å². The van der Waals surface area contributed by atoms with Crippen LogP contribution in [0, 0.1) is 0 Å². The van der Waals surface area contributed by atoms with Crippen molar-refractivity contribution in [3.8, 4) is 11.5 Å². The van der Waals surface area contributed by atoms with Gasteiger partial charge < -0.3 is 4.98 Å². The van der Waals surface area contributed by atoms with Crippen LogP contribution in [0.15, 0.2) is 30.5 Å². The van der Waals surface area contributed by atoms with Crippen LogP contribution in [-0.4, -0.2) is 20.2 Å². The lowest BCUT2D eigenvalue weighted by molar-refractivity contribution is 1.08. The highest BCUT2D eigenvalue weighted by molar-refractivity contribution is 6.31. The zero-order chi connectivity index (χ0) is 10.3. The summed E-state index contributed by atoms with van der Waals surface area (Å²) in [5.74, 6) is 0.768. The number of fused-ring (bicyclic) bond motifs is 1. The Bertz CT molecular complexity index is 597. The van der Waals surface area contributed by atoms with E-state index in [-0.39, 0.29) is 0 Å². The minimum absolute atomic E-state index is 0.697. The summed E-state index contributed by atoms with van der Waals surface area (Å²) in [7, 11) is 0. The lowest BCUT2D eigenvalue weighted by Gasteiger charge is -1.87. The second-order valence-corrected chi connectivity index (χ2v) is 3.65. The molecule has 3 aromatic rings. The maximum atomic E-state index is 5.88. The van der Waals surface area contributed by atoms with Gasteiger partial charge in [-0.1, -0.05) is 11.6 Å². The van der Waals surface area contributed by atoms with Gasteiger partial charge in [-0.25, -0.2) is 4.98 Å². The summed E-state index contributed by atoms with van der Waals surface area (Å²) in [6.45, 7) is 0. The topological polar surface area (TPSA) is 57.4 Å². The number of benzene rings is 1. The lowest BCUT2D eigenvalue weighted by Crippen LogP contribution is -1.79. The number of H-pyrrole nitrogens is 2. The van der Waals surface area contributed by atoms with Crippen LogP contribution in [0.1, 0.15) is 0 Å². The zero-order valence-electron chi connectivity index (χ0n) is 7.66. The fourth-order valence-electron chi connectivity index (χ4n) is 1.50. The second-order valence-electron chi connectivity index (χ2n) is 3.22. The Kier molecular flexibility index (Phi) is 1.76. The predicted molar refractivity (Wildman–Crippen MR) is 58.7 cm³/mol. The Morgan fingerprint density at radius 1 is 1.20 bits per heavy atom. The van der Waals surface area contributed by atoms with Crippen LogP contribution in [-0.2, 0) is 0 Å². The first-order valence-corrected chi connectivity index (χ1v) is 4.86. The SMILES string of the molecule is Clc1ccc2nc(-c3ccn[nH]3)[nH]c2c1. The first-order chi connectivity index (χ1) is 7.33. The van der Waals surface area contributed by atoms with E-state index in [1.54, 1.807) is 6.20 Å². The average Bonchev–Trinajstić information content (AvgIpc) is 2.84. The monoisotopic (exact) mass is 218 g/mol. The van der Waals surface area contributed by atoms with Gasteiger partial charge in [-0.3, -0.25) is 5.10 Å². The third kappa shape index (κ3) is 1.39. The average molecular weight is 219 g/mol. The van der Waals surface area contributed by atoms with E-state index in [1.807, 2.05) is 24.3 Å². The Labute approximate surface area is 90.3 Å². The minimum atomic E-state index is 0.697. The van der Waals surface area contributed by atoms with Gasteiger partial charge in [-0.2, -0.15) is 5.10 Å². The van der Waals surface area contributed by atoms with Gasteiger partial charge in [0, 0.05) is 11.2 Å². The van der Waals surface area contributed by atoms with Gasteiger partial charge in [-0.15, -0.1) is 0 Å². The van der Waals surface area contributed by atoms with E-state index in [4.69, 9.17) is 11.6 Å². The normalized spacial score (nSPS) is 11.0. The van der Waals surface area contributed by atoms with Crippen LogP contribution in [0.3, 0.4) is 0 Å². The Morgan fingerprint density at radius 3 is 2.93 bits per heavy atom. The summed E-state index contributed by atoms with van der Waals surface area (Å²) in [6.07, 6.45) is 1.69. The molecule has 0 fully saturated rings. The first-order valence-electron chi connectivity index (χ1n) is 4.48. The molecule has 15 heavy (non-hydrogen) atoms. The molecular weight excluding hydrogens is 212 g/mol. The molecule has 0 amide bonds. The first kappa shape index (κ1) is 8.49. The molecule has 5 heteroatoms. The molecule has 0 aliphatic carbocycles. The maximum Gasteiger partial charge on any atom is 0.156 e. The molecule has 0 bridgehead atoms. The molecule has 0 spiro atoms. The molecule has 2 aromatic heterocycles. The fraction of sp³-hybridized carbons (Fsp3) is 0. The van der Waals surface area contributed by atoms with E-state index in [9.17, 15) is 0 Å². The highest BCUT2D eigenvalue weighted by atomic mass is 35.5. The van der Waals surface area contributed by atoms with E-state index < -0.39 is 0 Å². The van der Waals surface area contributed by atoms with E-state index in [0.29, 0.717) is 5.02 Å². The van der Waals surface area contributed by atoms with Crippen molar-refractivity contribution in [3.05, 3.63) is 35.5 Å². The lowest BCUT2D eigenvalue weighted by atomic mass is 10.3. The van der Waals surface area contributed by atoms with Crippen molar-refractivity contribution in [2.75, 3.05) is 0 Å². The fourth-order valence-corrected chi connectivity index (χ4v) is 1.67. The maximum absolute atomic E-state index is 5.88. The van der Waals surface area contributed by atoms with Gasteiger partial charge in [0.25, 0.3) is 0 Å². The molecule has 74 valence electrons. The number of rotatable bonds is 1. The number of nitrogens with zero attached hydrogens (tertiary/aromatic N) is 2. The van der Waals surface area contributed by atoms with Crippen LogP contribution in [0.4, 0.5) is 0 Å². The van der Waals surface area contributed by atoms with Crippen LogP contribution < -0.4 is 0 Å². The third-order valence-electron chi connectivity index (χ3n) is 2.20. The molecule has 0 aliphatic rings. The molecule has 2 N–H and O–H groups in total. The molecule has 0 radical (unpaired) electrons. The minimum Gasteiger partial charge on any atom is -0.337 e. The van der Waals surface area contributed by atoms with Crippen LogP contribution >= 0.6 is 11.6 Å². The van der Waals surface area contributed by atoms with Crippen LogP contribution in [0.25, 0.3) is 22.6 Å². The Morgan fingerprint density at radius 2 is 2.13 bits per heavy atom. The number of aromatic nitrogens is 4. The van der Waals surface area contributed by atoms with Gasteiger partial charge in [0.2, 0.25) is 0 Å². The summed E-state index contributed by atoms with van der Waals surface area (Å²) in [6, 6.07) is 7.42. The van der Waals surface area contributed by atoms with E-state index in [0.717, 1.165) is 22.6 Å². The molecular formula is C10H7ClN4. The van der Waals surface area contributed by atoms with Crippen molar-refractivity contribution in [2.45, 2.75) is 0 Å². The van der Waals surface area contributed by atoms with E-state index in [2.05, 4.69) is 20.2 Å². The Hall–Kier alpha value is -1.81. The smallest absolute Gasteiger partial charge is 0.156 e. The predicted octanol–water partition coefficient (Wildman–Crippen LogP) is 2.61. The van der Waals surface area contributed by atoms with Gasteiger partial charge in [0.1, 0.15) is 5.69 Å². The molecule has 0 saturated carbocycles. The molecule has 0 unspecified atom stereocenters. The van der Waals surface area contributed by atoms with Crippen LogP contribution in [0.5, 0.6) is 0 Å². The molecule has 4 nitrogen and oxygen atoms in total. The van der Waals surface area contributed by atoms with Gasteiger partial charge in [0.15, 0.2) is 5.82 Å². The van der Waals surface area contributed by atoms with Gasteiger partial charge >= 0.3 is 0 Å². The zero-order valence-corrected chi connectivity index (χ0v) is 8.42. The number of hydrogen-bond acceptors (Lipinski definition) is 2. The number of imidazole rings is 1. The highest BCUT2D eigenvalue weighted by Crippen LogP contribution is 2.21. The number of aromatic amines is 2. The highest BCUT2D eigenvalue weighted by Gasteiger charge is 2.05. The van der Waals surface area contributed by atoms with Crippen molar-refractivity contribution in [1.29, 1.82) is 0 Å². The van der Waals surface area contributed by atoms with Crippen molar-refractivity contribution in [2.24, 2.45) is 0 Å². The molecule has 0 saturated heterocycles. The molecule has 0 atom stereocenters. The van der Waals surface area contributed by atoms with Gasteiger partial charge in [0.05, 0.1) is 11.0 Å². The van der Waals surface area contributed by atoms with Crippen molar-refractivity contribution in [1.82, 2.24) is 20.2 Å². The number of halogens is 1. The molecule has 0 aliphatic heterocycles. The molecule has 2 heterocycles. The van der Waals surface area contributed by atoms with Crippen molar-refractivity contribution >= 4 is 22.6 Å². The summed E-state index contributed by atoms with van der Waals surface area (Å²) in [5.41, 5.74) is 2.68.